The molecule has 0 aliphatic rings. The molecule has 0 atom stereocenters. The first-order valence-electron chi connectivity index (χ1n) is 5.75. The van der Waals surface area contributed by atoms with Gasteiger partial charge in [0.05, 0.1) is 19.6 Å². The van der Waals surface area contributed by atoms with Gasteiger partial charge in [0.15, 0.2) is 0 Å². The van der Waals surface area contributed by atoms with Crippen LogP contribution in [0.2, 0.25) is 0 Å². The van der Waals surface area contributed by atoms with Gasteiger partial charge in [-0.2, -0.15) is 15.0 Å². The molecule has 0 aromatic carbocycles. The summed E-state index contributed by atoms with van der Waals surface area (Å²) in [4.78, 5) is 21.1. The molecule has 6 N–H and O–H groups in total. The Labute approximate surface area is 111 Å². The molecule has 0 saturated heterocycles. The van der Waals surface area contributed by atoms with E-state index in [-0.39, 0.29) is 23.8 Å². The zero-order chi connectivity index (χ0) is 14.7. The van der Waals surface area contributed by atoms with Gasteiger partial charge in [0.1, 0.15) is 0 Å². The maximum atomic E-state index is 10.6. The van der Waals surface area contributed by atoms with Gasteiger partial charge < -0.3 is 26.7 Å². The molecule has 0 saturated carbocycles. The Bertz CT molecular complexity index is 337. The average molecular weight is 272 g/mol. The van der Waals surface area contributed by atoms with Crippen LogP contribution in [-0.4, -0.2) is 40.7 Å². The highest BCUT2D eigenvalue weighted by Crippen LogP contribution is 1.97. The lowest BCUT2D eigenvalue weighted by molar-refractivity contribution is -0.144. The van der Waals surface area contributed by atoms with Crippen LogP contribution in [0.3, 0.4) is 0 Å². The van der Waals surface area contributed by atoms with Crippen molar-refractivity contribution in [2.45, 2.75) is 20.3 Å². The van der Waals surface area contributed by atoms with Crippen molar-refractivity contribution in [1.82, 2.24) is 15.0 Å². The highest BCUT2D eigenvalue weighted by molar-refractivity contribution is 5.69. The Morgan fingerprint density at radius 2 is 1.47 bits per heavy atom. The predicted octanol–water partition coefficient (Wildman–Crippen LogP) is -0.406. The third kappa shape index (κ3) is 9.53. The first-order chi connectivity index (χ1) is 8.99. The second-order valence-electron chi connectivity index (χ2n) is 3.16. The molecule has 9 heteroatoms. The topological polar surface area (TPSA) is 152 Å². The Kier molecular flexibility index (Phi) is 8.71. The van der Waals surface area contributed by atoms with Gasteiger partial charge in [0, 0.05) is 6.61 Å². The third-order valence-electron chi connectivity index (χ3n) is 1.65. The number of nitrogens with zero attached hydrogens (tertiary/aromatic N) is 3. The zero-order valence-electron chi connectivity index (χ0n) is 11.1. The summed E-state index contributed by atoms with van der Waals surface area (Å²) in [5.74, 6) is -0.0593. The lowest BCUT2D eigenvalue weighted by atomic mass is 10.5. The van der Waals surface area contributed by atoms with Gasteiger partial charge in [-0.15, -0.1) is 0 Å². The highest BCUT2D eigenvalue weighted by atomic mass is 16.5. The van der Waals surface area contributed by atoms with E-state index in [1.165, 1.54) is 0 Å². The fourth-order valence-electron chi connectivity index (χ4n) is 0.960. The molecule has 0 aliphatic carbocycles. The molecule has 0 fully saturated rings. The van der Waals surface area contributed by atoms with Gasteiger partial charge >= 0.3 is 5.97 Å². The summed E-state index contributed by atoms with van der Waals surface area (Å²) in [6.45, 7) is 5.25. The van der Waals surface area contributed by atoms with Crippen molar-refractivity contribution in [2.24, 2.45) is 0 Å². The number of rotatable bonds is 5. The largest absolute Gasteiger partial charge is 0.466 e. The van der Waals surface area contributed by atoms with Crippen molar-refractivity contribution < 1.29 is 14.3 Å². The molecular weight excluding hydrogens is 252 g/mol. The number of nitrogens with two attached hydrogens (primary N) is 3. The Hall–Kier alpha value is -2.16. The number of ether oxygens (including phenoxy) is 2. The summed E-state index contributed by atoms with van der Waals surface area (Å²) < 4.78 is 9.62. The van der Waals surface area contributed by atoms with Gasteiger partial charge in [-0.1, -0.05) is 0 Å². The van der Waals surface area contributed by atoms with Crippen LogP contribution in [0.4, 0.5) is 17.8 Å². The van der Waals surface area contributed by atoms with Gasteiger partial charge in [-0.25, -0.2) is 0 Å². The second-order valence-corrected chi connectivity index (χ2v) is 3.16. The van der Waals surface area contributed by atoms with Crippen LogP contribution in [0.25, 0.3) is 0 Å². The summed E-state index contributed by atoms with van der Waals surface area (Å²) >= 11 is 0. The van der Waals surface area contributed by atoms with E-state index in [1.54, 1.807) is 6.92 Å². The number of carbonyl (C=O) groups excluding carboxylic acids is 1. The molecule has 1 heterocycles. The smallest absolute Gasteiger partial charge is 0.308 e. The number of nitrogen functional groups attached to an aromatic ring is 3. The molecule has 0 radical (unpaired) electrons. The van der Waals surface area contributed by atoms with Crippen molar-refractivity contribution in [2.75, 3.05) is 37.0 Å². The molecule has 1 aromatic rings. The molecule has 19 heavy (non-hydrogen) atoms. The number of carbonyl (C=O) groups is 1. The molecule has 108 valence electrons. The van der Waals surface area contributed by atoms with Crippen molar-refractivity contribution in [3.05, 3.63) is 0 Å². The SMILES string of the molecule is CCOCCC(=O)OCC.Nc1nc(N)nc(N)n1. The van der Waals surface area contributed by atoms with E-state index in [4.69, 9.17) is 21.9 Å². The standard InChI is InChI=1S/C7H14O3.C3H6N6/c1-3-9-6-5-7(8)10-4-2;4-1-7-2(5)9-3(6)8-1/h3-6H2,1-2H3;(H6,4,5,6,7,8,9). The Morgan fingerprint density at radius 1 is 1.00 bits per heavy atom. The maximum absolute atomic E-state index is 10.6. The minimum Gasteiger partial charge on any atom is -0.466 e. The average Bonchev–Trinajstić information content (AvgIpc) is 2.28. The van der Waals surface area contributed by atoms with Crippen LogP contribution < -0.4 is 17.2 Å². The number of aromatic nitrogens is 3. The van der Waals surface area contributed by atoms with Crippen LogP contribution in [0.1, 0.15) is 20.3 Å². The monoisotopic (exact) mass is 272 g/mol. The summed E-state index contributed by atoms with van der Waals surface area (Å²) in [7, 11) is 0. The van der Waals surface area contributed by atoms with E-state index in [9.17, 15) is 4.79 Å². The third-order valence-corrected chi connectivity index (χ3v) is 1.65. The van der Waals surface area contributed by atoms with Gasteiger partial charge in [0.2, 0.25) is 17.8 Å². The lowest BCUT2D eigenvalue weighted by Gasteiger charge is -2.00. The van der Waals surface area contributed by atoms with Crippen molar-refractivity contribution in [3.8, 4) is 0 Å². The molecule has 0 spiro atoms. The van der Waals surface area contributed by atoms with E-state index in [0.717, 1.165) is 0 Å². The van der Waals surface area contributed by atoms with Crippen LogP contribution in [0.15, 0.2) is 0 Å². The normalized spacial score (nSPS) is 9.37. The lowest BCUT2D eigenvalue weighted by Crippen LogP contribution is -2.07. The highest BCUT2D eigenvalue weighted by Gasteiger charge is 1.98. The van der Waals surface area contributed by atoms with Crippen molar-refractivity contribution >= 4 is 23.8 Å². The molecule has 0 aliphatic heterocycles. The van der Waals surface area contributed by atoms with Gasteiger partial charge in [-0.05, 0) is 13.8 Å². The quantitative estimate of drug-likeness (QED) is 0.479. The fraction of sp³-hybridized carbons (Fsp3) is 0.600. The van der Waals surface area contributed by atoms with Gasteiger partial charge in [0.25, 0.3) is 0 Å². The number of hydrogen-bond donors (Lipinski definition) is 3. The fourth-order valence-corrected chi connectivity index (χ4v) is 0.960. The van der Waals surface area contributed by atoms with Crippen LogP contribution in [-0.2, 0) is 14.3 Å². The first kappa shape index (κ1) is 16.8. The number of esters is 1. The molecule has 0 bridgehead atoms. The molecule has 0 amide bonds. The van der Waals surface area contributed by atoms with Crippen LogP contribution in [0, 0.1) is 0 Å². The predicted molar refractivity (Wildman–Crippen MR) is 70.8 cm³/mol. The van der Waals surface area contributed by atoms with E-state index >= 15 is 0 Å². The minimum absolute atomic E-state index is 0.0417. The molecular formula is C10H20N6O3. The molecule has 1 aromatic heterocycles. The molecule has 9 nitrogen and oxygen atoms in total. The summed E-state index contributed by atoms with van der Waals surface area (Å²) in [5.41, 5.74) is 15.4. The van der Waals surface area contributed by atoms with Crippen LogP contribution >= 0.6 is 0 Å². The molecule has 1 rings (SSSR count). The Morgan fingerprint density at radius 3 is 1.84 bits per heavy atom. The molecule has 0 unspecified atom stereocenters. The van der Waals surface area contributed by atoms with Crippen molar-refractivity contribution in [3.63, 3.8) is 0 Å². The zero-order valence-corrected chi connectivity index (χ0v) is 11.1. The summed E-state index contributed by atoms with van der Waals surface area (Å²) in [6.07, 6.45) is 0.363. The summed E-state index contributed by atoms with van der Waals surface area (Å²) in [6, 6.07) is 0. The van der Waals surface area contributed by atoms with E-state index in [2.05, 4.69) is 19.7 Å². The summed E-state index contributed by atoms with van der Waals surface area (Å²) in [5, 5.41) is 0. The second kappa shape index (κ2) is 9.83. The maximum Gasteiger partial charge on any atom is 0.308 e. The Balaban J connectivity index is 0.000000342. The number of hydrogen-bond acceptors (Lipinski definition) is 9. The van der Waals surface area contributed by atoms with Gasteiger partial charge in [-0.3, -0.25) is 4.79 Å². The first-order valence-corrected chi connectivity index (χ1v) is 5.75. The number of anilines is 3. The minimum atomic E-state index is -0.184. The van der Waals surface area contributed by atoms with Crippen LogP contribution in [0.5, 0.6) is 0 Å². The van der Waals surface area contributed by atoms with E-state index in [1.807, 2.05) is 6.92 Å². The van der Waals surface area contributed by atoms with E-state index in [0.29, 0.717) is 26.2 Å². The van der Waals surface area contributed by atoms with E-state index < -0.39 is 0 Å². The van der Waals surface area contributed by atoms with Crippen molar-refractivity contribution in [1.29, 1.82) is 0 Å².